The van der Waals surface area contributed by atoms with E-state index >= 15 is 0 Å². The van der Waals surface area contributed by atoms with Crippen LogP contribution in [0, 0.1) is 6.92 Å². The summed E-state index contributed by atoms with van der Waals surface area (Å²) < 4.78 is 0. The van der Waals surface area contributed by atoms with Gasteiger partial charge in [-0.2, -0.15) is 0 Å². The average molecular weight is 152 g/mol. The van der Waals surface area contributed by atoms with E-state index in [2.05, 4.69) is 9.97 Å². The fourth-order valence-corrected chi connectivity index (χ4v) is 1.09. The highest BCUT2D eigenvalue weighted by Crippen LogP contribution is 2.11. The van der Waals surface area contributed by atoms with Crippen LogP contribution < -0.4 is 5.56 Å². The van der Waals surface area contributed by atoms with E-state index in [1.165, 1.54) is 6.20 Å². The van der Waals surface area contributed by atoms with Crippen LogP contribution in [-0.4, -0.2) is 9.97 Å². The summed E-state index contributed by atoms with van der Waals surface area (Å²) in [6.45, 7) is 5.96. The molecule has 1 rings (SSSR count). The first kappa shape index (κ1) is 7.98. The number of aromatic amines is 1. The number of H-pyrrole nitrogens is 1. The highest BCUT2D eigenvalue weighted by atomic mass is 16.1. The van der Waals surface area contributed by atoms with Crippen molar-refractivity contribution in [2.24, 2.45) is 0 Å². The molecule has 1 heterocycles. The Hall–Kier alpha value is -1.12. The lowest BCUT2D eigenvalue weighted by Gasteiger charge is -2.05. The predicted octanol–water partition coefficient (Wildman–Crippen LogP) is 1.20. The fourth-order valence-electron chi connectivity index (χ4n) is 1.09. The van der Waals surface area contributed by atoms with Crippen molar-refractivity contribution < 1.29 is 0 Å². The second-order valence-electron chi connectivity index (χ2n) is 2.91. The molecule has 0 aliphatic rings. The zero-order chi connectivity index (χ0) is 8.43. The van der Waals surface area contributed by atoms with Gasteiger partial charge in [-0.1, -0.05) is 13.8 Å². The molecule has 3 heteroatoms. The lowest BCUT2D eigenvalue weighted by Crippen LogP contribution is -2.11. The molecule has 0 aliphatic carbocycles. The first-order valence-corrected chi connectivity index (χ1v) is 3.67. The summed E-state index contributed by atoms with van der Waals surface area (Å²) in [5.41, 5.74) is 1.70. The Morgan fingerprint density at radius 2 is 2.18 bits per heavy atom. The molecule has 0 saturated carbocycles. The number of rotatable bonds is 1. The molecule has 0 saturated heterocycles. The van der Waals surface area contributed by atoms with Crippen LogP contribution in [0.3, 0.4) is 0 Å². The zero-order valence-corrected chi connectivity index (χ0v) is 7.01. The fraction of sp³-hybridized carbons (Fsp3) is 0.500. The van der Waals surface area contributed by atoms with Gasteiger partial charge in [0.05, 0.1) is 11.9 Å². The Morgan fingerprint density at radius 3 is 2.64 bits per heavy atom. The van der Waals surface area contributed by atoms with Crippen LogP contribution in [0.5, 0.6) is 0 Å². The highest BCUT2D eigenvalue weighted by molar-refractivity contribution is 5.11. The Balaban J connectivity index is 3.20. The van der Waals surface area contributed by atoms with E-state index in [1.54, 1.807) is 0 Å². The molecule has 0 spiro atoms. The second kappa shape index (κ2) is 2.86. The van der Waals surface area contributed by atoms with Crippen molar-refractivity contribution in [2.45, 2.75) is 26.7 Å². The van der Waals surface area contributed by atoms with Crippen LogP contribution in [0.2, 0.25) is 0 Å². The van der Waals surface area contributed by atoms with Gasteiger partial charge in [0.25, 0.3) is 5.56 Å². The van der Waals surface area contributed by atoms with Crippen LogP contribution in [-0.2, 0) is 0 Å². The van der Waals surface area contributed by atoms with Gasteiger partial charge in [0.15, 0.2) is 0 Å². The number of nitrogens with zero attached hydrogens (tertiary/aromatic N) is 1. The van der Waals surface area contributed by atoms with Crippen LogP contribution >= 0.6 is 0 Å². The number of aryl methyl sites for hydroxylation is 1. The van der Waals surface area contributed by atoms with Gasteiger partial charge in [-0.3, -0.25) is 9.78 Å². The summed E-state index contributed by atoms with van der Waals surface area (Å²) in [5.74, 6) is 0.367. The molecule has 0 fully saturated rings. The number of nitrogens with one attached hydrogen (secondary N) is 1. The smallest absolute Gasteiger partial charge is 0.266 e. The molecular weight excluding hydrogens is 140 g/mol. The molecule has 1 aromatic heterocycles. The molecule has 0 atom stereocenters. The first-order chi connectivity index (χ1) is 5.11. The maximum atomic E-state index is 10.7. The highest BCUT2D eigenvalue weighted by Gasteiger charge is 2.03. The third-order valence-corrected chi connectivity index (χ3v) is 1.56. The van der Waals surface area contributed by atoms with Crippen molar-refractivity contribution in [1.82, 2.24) is 9.97 Å². The van der Waals surface area contributed by atoms with Gasteiger partial charge in [-0.15, -0.1) is 0 Å². The SMILES string of the molecule is Cc1[nH]c(=O)cnc1C(C)C. The van der Waals surface area contributed by atoms with Crippen molar-refractivity contribution in [3.05, 3.63) is 27.9 Å². The maximum absolute atomic E-state index is 10.7. The van der Waals surface area contributed by atoms with Crippen molar-refractivity contribution in [2.75, 3.05) is 0 Å². The van der Waals surface area contributed by atoms with Crippen LogP contribution in [0.15, 0.2) is 11.0 Å². The Labute approximate surface area is 65.5 Å². The van der Waals surface area contributed by atoms with Gasteiger partial charge in [-0.05, 0) is 12.8 Å². The van der Waals surface area contributed by atoms with Gasteiger partial charge in [0.1, 0.15) is 0 Å². The van der Waals surface area contributed by atoms with Crippen LogP contribution in [0.4, 0.5) is 0 Å². The Kier molecular flexibility index (Phi) is 2.08. The number of hydrogen-bond acceptors (Lipinski definition) is 2. The molecule has 60 valence electrons. The molecule has 1 N–H and O–H groups in total. The van der Waals surface area contributed by atoms with E-state index in [0.29, 0.717) is 5.92 Å². The van der Waals surface area contributed by atoms with Crippen molar-refractivity contribution in [3.8, 4) is 0 Å². The molecule has 0 aromatic carbocycles. The van der Waals surface area contributed by atoms with Crippen LogP contribution in [0.25, 0.3) is 0 Å². The van der Waals surface area contributed by atoms with Crippen molar-refractivity contribution >= 4 is 0 Å². The Morgan fingerprint density at radius 1 is 1.55 bits per heavy atom. The molecule has 0 amide bonds. The monoisotopic (exact) mass is 152 g/mol. The predicted molar refractivity (Wildman–Crippen MR) is 43.7 cm³/mol. The molecular formula is C8H12N2O. The molecule has 0 unspecified atom stereocenters. The van der Waals surface area contributed by atoms with E-state index in [-0.39, 0.29) is 5.56 Å². The minimum atomic E-state index is -0.132. The lowest BCUT2D eigenvalue weighted by atomic mass is 10.1. The summed E-state index contributed by atoms with van der Waals surface area (Å²) in [5, 5.41) is 0. The summed E-state index contributed by atoms with van der Waals surface area (Å²) in [4.78, 5) is 17.5. The first-order valence-electron chi connectivity index (χ1n) is 3.67. The quantitative estimate of drug-likeness (QED) is 0.657. The molecule has 0 radical (unpaired) electrons. The molecule has 0 bridgehead atoms. The molecule has 0 aliphatic heterocycles. The molecule has 11 heavy (non-hydrogen) atoms. The minimum Gasteiger partial charge on any atom is -0.323 e. The van der Waals surface area contributed by atoms with E-state index in [0.717, 1.165) is 11.4 Å². The average Bonchev–Trinajstić information content (AvgIpc) is 1.85. The summed E-state index contributed by atoms with van der Waals surface area (Å²) in [6, 6.07) is 0. The van der Waals surface area contributed by atoms with E-state index < -0.39 is 0 Å². The summed E-state index contributed by atoms with van der Waals surface area (Å²) in [6.07, 6.45) is 1.32. The van der Waals surface area contributed by atoms with E-state index in [4.69, 9.17) is 0 Å². The van der Waals surface area contributed by atoms with Crippen molar-refractivity contribution in [3.63, 3.8) is 0 Å². The van der Waals surface area contributed by atoms with Gasteiger partial charge < -0.3 is 4.98 Å². The normalized spacial score (nSPS) is 10.5. The van der Waals surface area contributed by atoms with Gasteiger partial charge in [0.2, 0.25) is 0 Å². The number of aromatic nitrogens is 2. The summed E-state index contributed by atoms with van der Waals surface area (Å²) in [7, 11) is 0. The largest absolute Gasteiger partial charge is 0.323 e. The minimum absolute atomic E-state index is 0.132. The third kappa shape index (κ3) is 1.67. The zero-order valence-electron chi connectivity index (χ0n) is 7.01. The second-order valence-corrected chi connectivity index (χ2v) is 2.91. The Bertz CT molecular complexity index is 301. The van der Waals surface area contributed by atoms with Crippen LogP contribution in [0.1, 0.15) is 31.2 Å². The maximum Gasteiger partial charge on any atom is 0.266 e. The van der Waals surface area contributed by atoms with E-state index in [1.807, 2.05) is 20.8 Å². The number of hydrogen-bond donors (Lipinski definition) is 1. The van der Waals surface area contributed by atoms with Gasteiger partial charge in [0, 0.05) is 5.69 Å². The topological polar surface area (TPSA) is 45.8 Å². The van der Waals surface area contributed by atoms with Gasteiger partial charge >= 0.3 is 0 Å². The third-order valence-electron chi connectivity index (χ3n) is 1.56. The lowest BCUT2D eigenvalue weighted by molar-refractivity contribution is 0.790. The van der Waals surface area contributed by atoms with E-state index in [9.17, 15) is 4.79 Å². The van der Waals surface area contributed by atoms with Crippen molar-refractivity contribution in [1.29, 1.82) is 0 Å². The van der Waals surface area contributed by atoms with Gasteiger partial charge in [-0.25, -0.2) is 0 Å². The molecule has 3 nitrogen and oxygen atoms in total. The summed E-state index contributed by atoms with van der Waals surface area (Å²) >= 11 is 0. The standard InChI is InChI=1S/C8H12N2O/c1-5(2)8-6(3)10-7(11)4-9-8/h4-5H,1-3H3,(H,10,11). The molecule has 1 aromatic rings.